The van der Waals surface area contributed by atoms with Crippen LogP contribution in [0.2, 0.25) is 0 Å². The van der Waals surface area contributed by atoms with Crippen LogP contribution in [0.3, 0.4) is 0 Å². The molecule has 2 rings (SSSR count). The molecule has 0 radical (unpaired) electrons. The first-order valence-corrected chi connectivity index (χ1v) is 6.80. The van der Waals surface area contributed by atoms with E-state index in [1.807, 2.05) is 7.05 Å². The van der Waals surface area contributed by atoms with E-state index in [9.17, 15) is 4.79 Å². The number of carboxylic acid groups (broad SMARTS) is 1. The lowest BCUT2D eigenvalue weighted by Crippen LogP contribution is -2.23. The van der Waals surface area contributed by atoms with Gasteiger partial charge in [0.1, 0.15) is 5.75 Å². The minimum atomic E-state index is -0.716. The predicted octanol–water partition coefficient (Wildman–Crippen LogP) is 1.96. The first-order chi connectivity index (χ1) is 9.15. The van der Waals surface area contributed by atoms with E-state index in [0.717, 1.165) is 38.3 Å². The van der Waals surface area contributed by atoms with Crippen LogP contribution >= 0.6 is 0 Å². The molecule has 4 heteroatoms. The van der Waals surface area contributed by atoms with Gasteiger partial charge in [0.15, 0.2) is 0 Å². The maximum absolute atomic E-state index is 10.4. The van der Waals surface area contributed by atoms with Crippen molar-refractivity contribution in [3.63, 3.8) is 0 Å². The largest absolute Gasteiger partial charge is 0.493 e. The van der Waals surface area contributed by atoms with Gasteiger partial charge in [-0.2, -0.15) is 0 Å². The summed E-state index contributed by atoms with van der Waals surface area (Å²) in [5, 5.41) is 8.59. The van der Waals surface area contributed by atoms with Crippen molar-refractivity contribution in [2.45, 2.75) is 25.7 Å². The number of hydrogen-bond donors (Lipinski definition) is 1. The van der Waals surface area contributed by atoms with Gasteiger partial charge in [0.25, 0.3) is 0 Å². The number of hydrogen-bond acceptors (Lipinski definition) is 3. The molecule has 0 spiro atoms. The Balaban J connectivity index is 1.74. The number of ether oxygens (including phenoxy) is 1. The lowest BCUT2D eigenvalue weighted by Gasteiger charge is -2.16. The molecule has 0 saturated carbocycles. The smallest absolute Gasteiger partial charge is 0.303 e. The maximum Gasteiger partial charge on any atom is 0.303 e. The van der Waals surface area contributed by atoms with E-state index in [2.05, 4.69) is 23.1 Å². The summed E-state index contributed by atoms with van der Waals surface area (Å²) in [5.41, 5.74) is 2.64. The molecule has 0 unspecified atom stereocenters. The number of likely N-dealkylation sites (N-methyl/N-ethyl adjacent to an activating group) is 1. The van der Waals surface area contributed by atoms with E-state index in [0.29, 0.717) is 6.42 Å². The molecule has 19 heavy (non-hydrogen) atoms. The summed E-state index contributed by atoms with van der Waals surface area (Å²) in [6, 6.07) is 6.41. The van der Waals surface area contributed by atoms with E-state index >= 15 is 0 Å². The Hall–Kier alpha value is -1.55. The molecule has 1 heterocycles. The first-order valence-electron chi connectivity index (χ1n) is 6.80. The molecule has 0 saturated heterocycles. The molecule has 0 amide bonds. The SMILES string of the molecule is CN(CCCC(=O)O)CCc1ccc2c(c1)CCO2. The first kappa shape index (κ1) is 13.9. The third kappa shape index (κ3) is 4.24. The van der Waals surface area contributed by atoms with Crippen LogP contribution in [0.5, 0.6) is 5.75 Å². The Labute approximate surface area is 114 Å². The second kappa shape index (κ2) is 6.57. The highest BCUT2D eigenvalue weighted by molar-refractivity contribution is 5.66. The molecule has 0 bridgehead atoms. The molecule has 104 valence electrons. The van der Waals surface area contributed by atoms with Crippen molar-refractivity contribution in [2.75, 3.05) is 26.7 Å². The number of fused-ring (bicyclic) bond motifs is 1. The summed E-state index contributed by atoms with van der Waals surface area (Å²) < 4.78 is 5.49. The molecular weight excluding hydrogens is 242 g/mol. The molecular formula is C15H21NO3. The van der Waals surface area contributed by atoms with Crippen molar-refractivity contribution in [3.05, 3.63) is 29.3 Å². The van der Waals surface area contributed by atoms with Crippen LogP contribution < -0.4 is 4.74 Å². The van der Waals surface area contributed by atoms with Gasteiger partial charge in [-0.05, 0) is 43.6 Å². The van der Waals surface area contributed by atoms with Gasteiger partial charge in [0.2, 0.25) is 0 Å². The van der Waals surface area contributed by atoms with Gasteiger partial charge < -0.3 is 14.7 Å². The predicted molar refractivity (Wildman–Crippen MR) is 73.7 cm³/mol. The van der Waals surface area contributed by atoms with Gasteiger partial charge in [0, 0.05) is 19.4 Å². The fourth-order valence-electron chi connectivity index (χ4n) is 2.33. The van der Waals surface area contributed by atoms with Crippen LogP contribution in [0.4, 0.5) is 0 Å². The molecule has 0 aromatic heterocycles. The van der Waals surface area contributed by atoms with E-state index in [1.165, 1.54) is 11.1 Å². The molecule has 1 aromatic carbocycles. The lowest BCUT2D eigenvalue weighted by atomic mass is 10.1. The van der Waals surface area contributed by atoms with Crippen molar-refractivity contribution >= 4 is 5.97 Å². The Morgan fingerprint density at radius 3 is 3.05 bits per heavy atom. The zero-order chi connectivity index (χ0) is 13.7. The minimum Gasteiger partial charge on any atom is -0.493 e. The Morgan fingerprint density at radius 1 is 1.42 bits per heavy atom. The number of carboxylic acids is 1. The van der Waals surface area contributed by atoms with Crippen LogP contribution in [0, 0.1) is 0 Å². The summed E-state index contributed by atoms with van der Waals surface area (Å²) in [4.78, 5) is 12.6. The van der Waals surface area contributed by atoms with Gasteiger partial charge in [-0.15, -0.1) is 0 Å². The molecule has 0 aliphatic carbocycles. The van der Waals surface area contributed by atoms with Crippen LogP contribution in [-0.4, -0.2) is 42.7 Å². The van der Waals surface area contributed by atoms with Crippen molar-refractivity contribution in [1.82, 2.24) is 4.90 Å². The highest BCUT2D eigenvalue weighted by Gasteiger charge is 2.12. The van der Waals surface area contributed by atoms with Crippen molar-refractivity contribution < 1.29 is 14.6 Å². The monoisotopic (exact) mass is 263 g/mol. The standard InChI is InChI=1S/C15H21NO3/c1-16(8-2-3-15(17)18)9-6-12-4-5-14-13(11-12)7-10-19-14/h4-5,11H,2-3,6-10H2,1H3,(H,17,18). The molecule has 1 N–H and O–H groups in total. The van der Waals surface area contributed by atoms with Gasteiger partial charge in [-0.3, -0.25) is 4.79 Å². The highest BCUT2D eigenvalue weighted by atomic mass is 16.5. The molecule has 1 aliphatic heterocycles. The topological polar surface area (TPSA) is 49.8 Å². The molecule has 1 aromatic rings. The maximum atomic E-state index is 10.4. The van der Waals surface area contributed by atoms with Gasteiger partial charge in [0.05, 0.1) is 6.61 Å². The second-order valence-corrected chi connectivity index (χ2v) is 5.09. The Kier molecular flexibility index (Phi) is 4.80. The van der Waals surface area contributed by atoms with E-state index in [4.69, 9.17) is 9.84 Å². The normalized spacial score (nSPS) is 13.4. The van der Waals surface area contributed by atoms with Crippen LogP contribution in [0.15, 0.2) is 18.2 Å². The third-order valence-corrected chi connectivity index (χ3v) is 3.47. The Morgan fingerprint density at radius 2 is 2.26 bits per heavy atom. The average Bonchev–Trinajstić information content (AvgIpc) is 2.83. The summed E-state index contributed by atoms with van der Waals surface area (Å²) in [6.45, 7) is 2.59. The van der Waals surface area contributed by atoms with Crippen LogP contribution in [0.1, 0.15) is 24.0 Å². The van der Waals surface area contributed by atoms with Crippen LogP contribution in [0.25, 0.3) is 0 Å². The van der Waals surface area contributed by atoms with Gasteiger partial charge >= 0.3 is 5.97 Å². The fourth-order valence-corrected chi connectivity index (χ4v) is 2.33. The number of nitrogens with zero attached hydrogens (tertiary/aromatic N) is 1. The molecule has 0 atom stereocenters. The van der Waals surface area contributed by atoms with Crippen molar-refractivity contribution in [2.24, 2.45) is 0 Å². The highest BCUT2D eigenvalue weighted by Crippen LogP contribution is 2.25. The number of benzene rings is 1. The zero-order valence-corrected chi connectivity index (χ0v) is 11.4. The van der Waals surface area contributed by atoms with Crippen molar-refractivity contribution in [3.8, 4) is 5.75 Å². The van der Waals surface area contributed by atoms with E-state index in [-0.39, 0.29) is 6.42 Å². The second-order valence-electron chi connectivity index (χ2n) is 5.09. The number of carbonyl (C=O) groups is 1. The van der Waals surface area contributed by atoms with Crippen molar-refractivity contribution in [1.29, 1.82) is 0 Å². The fraction of sp³-hybridized carbons (Fsp3) is 0.533. The number of rotatable bonds is 7. The Bertz CT molecular complexity index is 445. The molecule has 4 nitrogen and oxygen atoms in total. The number of aliphatic carboxylic acids is 1. The minimum absolute atomic E-state index is 0.251. The summed E-state index contributed by atoms with van der Waals surface area (Å²) >= 11 is 0. The summed E-state index contributed by atoms with van der Waals surface area (Å²) in [7, 11) is 2.04. The zero-order valence-electron chi connectivity index (χ0n) is 11.4. The van der Waals surface area contributed by atoms with Gasteiger partial charge in [-0.1, -0.05) is 12.1 Å². The molecule has 0 fully saturated rings. The average molecular weight is 263 g/mol. The van der Waals surface area contributed by atoms with Gasteiger partial charge in [-0.25, -0.2) is 0 Å². The third-order valence-electron chi connectivity index (χ3n) is 3.47. The molecule has 1 aliphatic rings. The summed E-state index contributed by atoms with van der Waals surface area (Å²) in [6.07, 6.45) is 2.97. The lowest BCUT2D eigenvalue weighted by molar-refractivity contribution is -0.137. The van der Waals surface area contributed by atoms with E-state index in [1.54, 1.807) is 0 Å². The van der Waals surface area contributed by atoms with Crippen LogP contribution in [-0.2, 0) is 17.6 Å². The summed E-state index contributed by atoms with van der Waals surface area (Å²) in [5.74, 6) is 0.311. The van der Waals surface area contributed by atoms with E-state index < -0.39 is 5.97 Å². The quantitative estimate of drug-likeness (QED) is 0.817.